The number of amides is 1. The van der Waals surface area contributed by atoms with Crippen LogP contribution in [0.15, 0.2) is 42.5 Å². The van der Waals surface area contributed by atoms with Crippen molar-refractivity contribution in [1.82, 2.24) is 4.90 Å². The Labute approximate surface area is 171 Å². The largest absolute Gasteiger partial charge is 0.387 e. The summed E-state index contributed by atoms with van der Waals surface area (Å²) in [4.78, 5) is 14.0. The van der Waals surface area contributed by atoms with Gasteiger partial charge in [-0.05, 0) is 55.5 Å². The normalized spacial score (nSPS) is 21.1. The van der Waals surface area contributed by atoms with Gasteiger partial charge in [-0.3, -0.25) is 9.69 Å². The fourth-order valence-corrected chi connectivity index (χ4v) is 4.70. The number of hydrogen-bond donors (Lipinski definition) is 2. The van der Waals surface area contributed by atoms with Crippen molar-refractivity contribution < 1.29 is 9.90 Å². The summed E-state index contributed by atoms with van der Waals surface area (Å²) in [5.41, 5.74) is 3.94. The molecule has 5 heteroatoms. The van der Waals surface area contributed by atoms with Crippen LogP contribution in [0.5, 0.6) is 0 Å². The summed E-state index contributed by atoms with van der Waals surface area (Å²) in [6.07, 6.45) is 5.12. The van der Waals surface area contributed by atoms with Crippen molar-refractivity contribution in [2.75, 3.05) is 18.4 Å². The fourth-order valence-electron chi connectivity index (χ4n) is 4.41. The van der Waals surface area contributed by atoms with E-state index in [2.05, 4.69) is 34.5 Å². The van der Waals surface area contributed by atoms with Crippen LogP contribution in [0.3, 0.4) is 0 Å². The summed E-state index contributed by atoms with van der Waals surface area (Å²) in [6, 6.07) is 14.8. The summed E-state index contributed by atoms with van der Waals surface area (Å²) < 4.78 is 0. The SMILES string of the molecule is O=C1CCc2cc(C(O)CN3CCCCC3Cc3ccccc3)c(Cl)cc2N1. The lowest BCUT2D eigenvalue weighted by Crippen LogP contribution is -2.43. The molecule has 0 bridgehead atoms. The Morgan fingerprint density at radius 1 is 1.18 bits per heavy atom. The molecule has 4 rings (SSSR count). The van der Waals surface area contributed by atoms with Gasteiger partial charge in [0.2, 0.25) is 5.91 Å². The number of likely N-dealkylation sites (tertiary alicyclic amines) is 1. The Kier molecular flexibility index (Phi) is 6.00. The van der Waals surface area contributed by atoms with E-state index in [1.54, 1.807) is 6.07 Å². The third-order valence-corrected chi connectivity index (χ3v) is 6.28. The van der Waals surface area contributed by atoms with E-state index in [-0.39, 0.29) is 5.91 Å². The van der Waals surface area contributed by atoms with Crippen LogP contribution in [0, 0.1) is 0 Å². The number of carbonyl (C=O) groups is 1. The number of carbonyl (C=O) groups excluding carboxylic acids is 1. The molecule has 2 aliphatic rings. The highest BCUT2D eigenvalue weighted by molar-refractivity contribution is 6.31. The Bertz CT molecular complexity index is 840. The number of benzene rings is 2. The quantitative estimate of drug-likeness (QED) is 0.786. The molecule has 2 N–H and O–H groups in total. The van der Waals surface area contributed by atoms with Gasteiger partial charge in [0.25, 0.3) is 0 Å². The number of nitrogens with zero attached hydrogens (tertiary/aromatic N) is 1. The van der Waals surface area contributed by atoms with Crippen molar-refractivity contribution in [3.8, 4) is 0 Å². The smallest absolute Gasteiger partial charge is 0.224 e. The topological polar surface area (TPSA) is 52.6 Å². The molecule has 0 radical (unpaired) electrons. The molecule has 1 fully saturated rings. The number of halogens is 1. The van der Waals surface area contributed by atoms with E-state index in [1.165, 1.54) is 18.4 Å². The molecule has 2 aromatic rings. The Hall–Kier alpha value is -1.88. The second-order valence-corrected chi connectivity index (χ2v) is 8.34. The predicted octanol–water partition coefficient (Wildman–Crippen LogP) is 4.36. The van der Waals surface area contributed by atoms with Crippen molar-refractivity contribution in [3.05, 3.63) is 64.2 Å². The van der Waals surface area contributed by atoms with Crippen LogP contribution in [0.25, 0.3) is 0 Å². The van der Waals surface area contributed by atoms with Crippen LogP contribution < -0.4 is 5.32 Å². The molecule has 0 saturated carbocycles. The maximum absolute atomic E-state index is 11.6. The first-order valence-electron chi connectivity index (χ1n) is 10.2. The molecule has 2 atom stereocenters. The van der Waals surface area contributed by atoms with Gasteiger partial charge in [-0.15, -0.1) is 0 Å². The number of aryl methyl sites for hydroxylation is 1. The first-order valence-corrected chi connectivity index (χ1v) is 10.6. The number of hydrogen-bond acceptors (Lipinski definition) is 3. The molecule has 1 amide bonds. The zero-order valence-corrected chi connectivity index (χ0v) is 16.8. The Balaban J connectivity index is 1.48. The number of aliphatic hydroxyl groups excluding tert-OH is 1. The summed E-state index contributed by atoms with van der Waals surface area (Å²) in [5.74, 6) is 0.0222. The zero-order valence-electron chi connectivity index (χ0n) is 16.0. The number of rotatable bonds is 5. The molecule has 0 aromatic heterocycles. The van der Waals surface area contributed by atoms with Crippen molar-refractivity contribution >= 4 is 23.2 Å². The number of nitrogens with one attached hydrogen (secondary N) is 1. The zero-order chi connectivity index (χ0) is 19.5. The van der Waals surface area contributed by atoms with E-state index in [4.69, 9.17) is 11.6 Å². The van der Waals surface area contributed by atoms with E-state index in [0.717, 1.165) is 36.2 Å². The highest BCUT2D eigenvalue weighted by Crippen LogP contribution is 2.33. The number of anilines is 1. The molecule has 148 valence electrons. The molecule has 1 saturated heterocycles. The minimum absolute atomic E-state index is 0.0222. The van der Waals surface area contributed by atoms with Crippen molar-refractivity contribution in [3.63, 3.8) is 0 Å². The van der Waals surface area contributed by atoms with Gasteiger partial charge in [0.05, 0.1) is 6.10 Å². The summed E-state index contributed by atoms with van der Waals surface area (Å²) in [5, 5.41) is 14.4. The molecule has 2 aliphatic heterocycles. The van der Waals surface area contributed by atoms with Gasteiger partial charge in [-0.1, -0.05) is 48.4 Å². The molecule has 0 aliphatic carbocycles. The number of fused-ring (bicyclic) bond motifs is 1. The van der Waals surface area contributed by atoms with Gasteiger partial charge in [0.15, 0.2) is 0 Å². The van der Waals surface area contributed by atoms with E-state index in [0.29, 0.717) is 30.5 Å². The van der Waals surface area contributed by atoms with Gasteiger partial charge < -0.3 is 10.4 Å². The van der Waals surface area contributed by atoms with Gasteiger partial charge in [-0.25, -0.2) is 0 Å². The monoisotopic (exact) mass is 398 g/mol. The van der Waals surface area contributed by atoms with Gasteiger partial charge in [-0.2, -0.15) is 0 Å². The number of piperidine rings is 1. The average molecular weight is 399 g/mol. The molecule has 2 heterocycles. The highest BCUT2D eigenvalue weighted by atomic mass is 35.5. The maximum Gasteiger partial charge on any atom is 0.224 e. The molecule has 0 spiro atoms. The lowest BCUT2D eigenvalue weighted by molar-refractivity contribution is -0.116. The van der Waals surface area contributed by atoms with E-state index < -0.39 is 6.10 Å². The Morgan fingerprint density at radius 2 is 2.00 bits per heavy atom. The summed E-state index contributed by atoms with van der Waals surface area (Å²) >= 11 is 6.46. The fraction of sp³-hybridized carbons (Fsp3) is 0.435. The molecule has 2 aromatic carbocycles. The first kappa shape index (κ1) is 19.4. The van der Waals surface area contributed by atoms with Crippen LogP contribution >= 0.6 is 11.6 Å². The van der Waals surface area contributed by atoms with E-state index >= 15 is 0 Å². The summed E-state index contributed by atoms with van der Waals surface area (Å²) in [7, 11) is 0. The van der Waals surface area contributed by atoms with Gasteiger partial charge in [0.1, 0.15) is 0 Å². The predicted molar refractivity (Wildman–Crippen MR) is 113 cm³/mol. The van der Waals surface area contributed by atoms with Crippen LogP contribution in [-0.2, 0) is 17.6 Å². The van der Waals surface area contributed by atoms with Gasteiger partial charge >= 0.3 is 0 Å². The van der Waals surface area contributed by atoms with Crippen LogP contribution in [-0.4, -0.2) is 35.0 Å². The molecule has 4 nitrogen and oxygen atoms in total. The maximum atomic E-state index is 11.6. The third kappa shape index (κ3) is 4.40. The van der Waals surface area contributed by atoms with Crippen molar-refractivity contribution in [1.29, 1.82) is 0 Å². The van der Waals surface area contributed by atoms with Crippen molar-refractivity contribution in [2.45, 2.75) is 50.7 Å². The van der Waals surface area contributed by atoms with Crippen LogP contribution in [0.2, 0.25) is 5.02 Å². The lowest BCUT2D eigenvalue weighted by Gasteiger charge is -2.37. The molecular weight excluding hydrogens is 372 g/mol. The molecule has 2 unspecified atom stereocenters. The van der Waals surface area contributed by atoms with E-state index in [9.17, 15) is 9.90 Å². The standard InChI is InChI=1S/C23H27ClN2O2/c24-20-14-21-17(9-10-23(28)25-21)13-19(20)22(27)15-26-11-5-4-8-18(26)12-16-6-2-1-3-7-16/h1-3,6-7,13-14,18,22,27H,4-5,8-12,15H2,(H,25,28). The second kappa shape index (κ2) is 8.64. The van der Waals surface area contributed by atoms with Crippen LogP contribution in [0.4, 0.5) is 5.69 Å². The average Bonchev–Trinajstić information content (AvgIpc) is 2.69. The highest BCUT2D eigenvalue weighted by Gasteiger charge is 2.27. The second-order valence-electron chi connectivity index (χ2n) is 7.93. The molecular formula is C23H27ClN2O2. The number of β-amino-alcohol motifs (C(OH)–C–C–N with tert-alkyl or cyclic N) is 1. The Morgan fingerprint density at radius 3 is 2.82 bits per heavy atom. The van der Waals surface area contributed by atoms with E-state index in [1.807, 2.05) is 12.1 Å². The minimum Gasteiger partial charge on any atom is -0.387 e. The lowest BCUT2D eigenvalue weighted by atomic mass is 9.94. The summed E-state index contributed by atoms with van der Waals surface area (Å²) in [6.45, 7) is 1.59. The number of aliphatic hydroxyl groups is 1. The van der Waals surface area contributed by atoms with Crippen LogP contribution in [0.1, 0.15) is 48.5 Å². The first-order chi connectivity index (χ1) is 13.6. The van der Waals surface area contributed by atoms with Gasteiger partial charge in [0, 0.05) is 35.3 Å². The third-order valence-electron chi connectivity index (χ3n) is 5.95. The van der Waals surface area contributed by atoms with Crippen molar-refractivity contribution in [2.24, 2.45) is 0 Å². The molecule has 28 heavy (non-hydrogen) atoms. The minimum atomic E-state index is -0.633.